The van der Waals surface area contributed by atoms with Crippen molar-refractivity contribution in [3.8, 4) is 0 Å². The van der Waals surface area contributed by atoms with Gasteiger partial charge in [0, 0.05) is 13.2 Å². The van der Waals surface area contributed by atoms with Crippen LogP contribution in [0.25, 0.3) is 0 Å². The Morgan fingerprint density at radius 2 is 1.93 bits per heavy atom. The van der Waals surface area contributed by atoms with Gasteiger partial charge in [-0.1, -0.05) is 12.8 Å². The van der Waals surface area contributed by atoms with Gasteiger partial charge >= 0.3 is 0 Å². The second kappa shape index (κ2) is 6.38. The molecule has 0 aromatic rings. The molecule has 1 fully saturated rings. The summed E-state index contributed by atoms with van der Waals surface area (Å²) in [6.07, 6.45) is 5.40. The van der Waals surface area contributed by atoms with Crippen LogP contribution in [-0.2, 0) is 9.47 Å². The van der Waals surface area contributed by atoms with Gasteiger partial charge in [0.2, 0.25) is 0 Å². The maximum Gasteiger partial charge on any atom is 0.0781 e. The highest BCUT2D eigenvalue weighted by atomic mass is 16.5. The third-order valence-electron chi connectivity index (χ3n) is 2.98. The predicted molar refractivity (Wildman–Crippen MR) is 57.2 cm³/mol. The van der Waals surface area contributed by atoms with E-state index in [1.165, 1.54) is 25.7 Å². The molecule has 1 saturated carbocycles. The monoisotopic (exact) mass is 201 g/mol. The highest BCUT2D eigenvalue weighted by Crippen LogP contribution is 2.26. The quantitative estimate of drug-likeness (QED) is 0.709. The Bertz CT molecular complexity index is 146. The lowest BCUT2D eigenvalue weighted by molar-refractivity contribution is -0.00194. The summed E-state index contributed by atoms with van der Waals surface area (Å²) >= 11 is 0. The fourth-order valence-corrected chi connectivity index (χ4v) is 2.08. The molecule has 14 heavy (non-hydrogen) atoms. The molecule has 0 saturated heterocycles. The van der Waals surface area contributed by atoms with Crippen molar-refractivity contribution in [3.05, 3.63) is 0 Å². The molecule has 0 amide bonds. The van der Waals surface area contributed by atoms with Gasteiger partial charge in [-0.25, -0.2) is 0 Å². The van der Waals surface area contributed by atoms with Gasteiger partial charge in [-0.2, -0.15) is 0 Å². The zero-order valence-electron chi connectivity index (χ0n) is 9.37. The molecular formula is C11H23NO2. The van der Waals surface area contributed by atoms with Crippen molar-refractivity contribution < 1.29 is 9.47 Å². The number of ether oxygens (including phenoxy) is 2. The van der Waals surface area contributed by atoms with E-state index in [0.717, 1.165) is 0 Å². The molecule has 2 N–H and O–H groups in total. The molecule has 2 unspecified atom stereocenters. The van der Waals surface area contributed by atoms with Gasteiger partial charge in [0.15, 0.2) is 0 Å². The first kappa shape index (κ1) is 12.0. The van der Waals surface area contributed by atoms with Gasteiger partial charge < -0.3 is 15.2 Å². The van der Waals surface area contributed by atoms with E-state index < -0.39 is 0 Å². The minimum absolute atomic E-state index is 0.160. The number of rotatable bonds is 6. The highest BCUT2D eigenvalue weighted by molar-refractivity contribution is 4.77. The average molecular weight is 201 g/mol. The largest absolute Gasteiger partial charge is 0.382 e. The Morgan fingerprint density at radius 3 is 2.50 bits per heavy atom. The summed E-state index contributed by atoms with van der Waals surface area (Å²) in [5.41, 5.74) is 6.06. The van der Waals surface area contributed by atoms with Crippen LogP contribution in [-0.4, -0.2) is 32.5 Å². The number of nitrogens with two attached hydrogens (primary N) is 1. The molecule has 0 radical (unpaired) electrons. The predicted octanol–water partition coefficient (Wildman–Crippen LogP) is 1.56. The molecular weight excluding hydrogens is 178 g/mol. The molecule has 1 aliphatic rings. The summed E-state index contributed by atoms with van der Waals surface area (Å²) in [6.45, 7) is 3.34. The number of methoxy groups -OCH3 is 1. The van der Waals surface area contributed by atoms with Crippen molar-refractivity contribution >= 4 is 0 Å². The molecule has 1 rings (SSSR count). The zero-order valence-corrected chi connectivity index (χ0v) is 9.37. The Hall–Kier alpha value is -0.120. The Labute approximate surface area is 86.9 Å². The van der Waals surface area contributed by atoms with Crippen molar-refractivity contribution in [2.75, 3.05) is 20.3 Å². The minimum atomic E-state index is 0.160. The van der Waals surface area contributed by atoms with Crippen LogP contribution < -0.4 is 5.73 Å². The molecule has 0 bridgehead atoms. The van der Waals surface area contributed by atoms with Crippen LogP contribution in [0.5, 0.6) is 0 Å². The molecule has 0 heterocycles. The van der Waals surface area contributed by atoms with Crippen LogP contribution in [0.3, 0.4) is 0 Å². The van der Waals surface area contributed by atoms with E-state index in [1.54, 1.807) is 7.11 Å². The molecule has 3 heteroatoms. The summed E-state index contributed by atoms with van der Waals surface area (Å²) in [5, 5.41) is 0. The second-order valence-corrected chi connectivity index (χ2v) is 4.31. The van der Waals surface area contributed by atoms with Crippen molar-refractivity contribution in [1.29, 1.82) is 0 Å². The summed E-state index contributed by atoms with van der Waals surface area (Å²) in [7, 11) is 1.69. The molecule has 2 atom stereocenters. The van der Waals surface area contributed by atoms with Crippen LogP contribution >= 0.6 is 0 Å². The van der Waals surface area contributed by atoms with Crippen LogP contribution in [0.15, 0.2) is 0 Å². The van der Waals surface area contributed by atoms with Crippen molar-refractivity contribution in [1.82, 2.24) is 0 Å². The third kappa shape index (κ3) is 3.95. The van der Waals surface area contributed by atoms with Gasteiger partial charge in [0.1, 0.15) is 0 Å². The van der Waals surface area contributed by atoms with E-state index in [9.17, 15) is 0 Å². The first-order valence-electron chi connectivity index (χ1n) is 5.60. The lowest BCUT2D eigenvalue weighted by atomic mass is 10.00. The van der Waals surface area contributed by atoms with Gasteiger partial charge in [0.25, 0.3) is 0 Å². The maximum absolute atomic E-state index is 6.06. The summed E-state index contributed by atoms with van der Waals surface area (Å²) in [6, 6.07) is 0.219. The topological polar surface area (TPSA) is 44.5 Å². The van der Waals surface area contributed by atoms with E-state index in [4.69, 9.17) is 15.2 Å². The van der Waals surface area contributed by atoms with Crippen LogP contribution in [0.4, 0.5) is 0 Å². The van der Waals surface area contributed by atoms with Crippen molar-refractivity contribution in [3.63, 3.8) is 0 Å². The summed E-state index contributed by atoms with van der Waals surface area (Å²) in [4.78, 5) is 0. The summed E-state index contributed by atoms with van der Waals surface area (Å²) in [5.74, 6) is 0.685. The smallest absolute Gasteiger partial charge is 0.0781 e. The fourth-order valence-electron chi connectivity index (χ4n) is 2.08. The van der Waals surface area contributed by atoms with Gasteiger partial charge in [-0.15, -0.1) is 0 Å². The molecule has 0 spiro atoms. The average Bonchev–Trinajstić information content (AvgIpc) is 2.67. The fraction of sp³-hybridized carbons (Fsp3) is 1.00. The van der Waals surface area contributed by atoms with Crippen LogP contribution in [0, 0.1) is 5.92 Å². The molecule has 0 aliphatic heterocycles. The van der Waals surface area contributed by atoms with Crippen LogP contribution in [0.2, 0.25) is 0 Å². The molecule has 0 aromatic heterocycles. The first-order valence-corrected chi connectivity index (χ1v) is 5.60. The molecule has 84 valence electrons. The van der Waals surface area contributed by atoms with E-state index >= 15 is 0 Å². The van der Waals surface area contributed by atoms with E-state index in [-0.39, 0.29) is 12.1 Å². The Morgan fingerprint density at radius 1 is 1.29 bits per heavy atom. The van der Waals surface area contributed by atoms with E-state index in [0.29, 0.717) is 19.1 Å². The Kier molecular flexibility index (Phi) is 5.45. The normalized spacial score (nSPS) is 22.5. The maximum atomic E-state index is 6.06. The highest BCUT2D eigenvalue weighted by Gasteiger charge is 2.22. The molecule has 0 aromatic carbocycles. The van der Waals surface area contributed by atoms with Gasteiger partial charge in [0.05, 0.1) is 19.3 Å². The minimum Gasteiger partial charge on any atom is -0.382 e. The number of hydrogen-bond acceptors (Lipinski definition) is 3. The number of hydrogen-bond donors (Lipinski definition) is 1. The lowest BCUT2D eigenvalue weighted by Crippen LogP contribution is -2.35. The molecule has 1 aliphatic carbocycles. The van der Waals surface area contributed by atoms with E-state index in [1.807, 2.05) is 6.92 Å². The third-order valence-corrected chi connectivity index (χ3v) is 2.98. The zero-order chi connectivity index (χ0) is 10.4. The van der Waals surface area contributed by atoms with Crippen LogP contribution in [0.1, 0.15) is 32.6 Å². The molecule has 3 nitrogen and oxygen atoms in total. The SMILES string of the molecule is COCC(C)OCC(N)C1CCCC1. The van der Waals surface area contributed by atoms with E-state index in [2.05, 4.69) is 0 Å². The lowest BCUT2D eigenvalue weighted by Gasteiger charge is -2.21. The second-order valence-electron chi connectivity index (χ2n) is 4.31. The standard InChI is InChI=1S/C11H23NO2/c1-9(7-13-2)14-8-11(12)10-5-3-4-6-10/h9-11H,3-8,12H2,1-2H3. The van der Waals surface area contributed by atoms with Gasteiger partial charge in [-0.05, 0) is 25.7 Å². The summed E-state index contributed by atoms with van der Waals surface area (Å²) < 4.78 is 10.6. The van der Waals surface area contributed by atoms with Crippen molar-refractivity contribution in [2.24, 2.45) is 11.7 Å². The Balaban J connectivity index is 2.10. The van der Waals surface area contributed by atoms with Crippen molar-refractivity contribution in [2.45, 2.75) is 44.8 Å². The van der Waals surface area contributed by atoms with Gasteiger partial charge in [-0.3, -0.25) is 0 Å². The first-order chi connectivity index (χ1) is 6.74.